The molecule has 1 saturated heterocycles. The van der Waals surface area contributed by atoms with Gasteiger partial charge in [0, 0.05) is 31.2 Å². The van der Waals surface area contributed by atoms with Crippen molar-refractivity contribution in [3.8, 4) is 16.3 Å². The molecule has 0 N–H and O–H groups in total. The van der Waals surface area contributed by atoms with E-state index in [0.29, 0.717) is 43.5 Å². The number of aromatic nitrogens is 2. The van der Waals surface area contributed by atoms with E-state index >= 15 is 0 Å². The molecular formula is C21H21ClN4O3S. The molecule has 1 aromatic carbocycles. The maximum atomic E-state index is 13.4. The highest BCUT2D eigenvalue weighted by Crippen LogP contribution is 2.27. The zero-order valence-electron chi connectivity index (χ0n) is 16.5. The molecule has 9 heteroatoms. The Bertz CT molecular complexity index is 1030. The molecule has 1 fully saturated rings. The van der Waals surface area contributed by atoms with Gasteiger partial charge in [0.2, 0.25) is 0 Å². The Kier molecular flexibility index (Phi) is 6.06. The van der Waals surface area contributed by atoms with Gasteiger partial charge in [0.15, 0.2) is 0 Å². The lowest BCUT2D eigenvalue weighted by atomic mass is 10.2. The smallest absolute Gasteiger partial charge is 0.409 e. The van der Waals surface area contributed by atoms with Crippen LogP contribution in [0.5, 0.6) is 0 Å². The number of halogens is 1. The fourth-order valence-electron chi connectivity index (χ4n) is 3.33. The molecule has 1 aliphatic heterocycles. The lowest BCUT2D eigenvalue weighted by Gasteiger charge is -2.34. The highest BCUT2D eigenvalue weighted by molar-refractivity contribution is 7.13. The van der Waals surface area contributed by atoms with E-state index in [1.807, 2.05) is 35.7 Å². The van der Waals surface area contributed by atoms with Gasteiger partial charge in [-0.2, -0.15) is 5.10 Å². The van der Waals surface area contributed by atoms with Gasteiger partial charge in [-0.3, -0.25) is 4.79 Å². The number of hydrogen-bond acceptors (Lipinski definition) is 5. The Hall–Kier alpha value is -2.84. The Morgan fingerprint density at radius 3 is 2.43 bits per heavy atom. The molecule has 2 amide bonds. The Morgan fingerprint density at radius 2 is 1.80 bits per heavy atom. The lowest BCUT2D eigenvalue weighted by Crippen LogP contribution is -2.51. The number of carbonyl (C=O) groups is 2. The summed E-state index contributed by atoms with van der Waals surface area (Å²) in [5.41, 5.74) is 1.98. The summed E-state index contributed by atoms with van der Waals surface area (Å²) in [4.78, 5) is 29.6. The Labute approximate surface area is 183 Å². The topological polar surface area (TPSA) is 67.7 Å². The molecule has 0 atom stereocenters. The van der Waals surface area contributed by atoms with Crippen LogP contribution in [0.2, 0.25) is 5.02 Å². The van der Waals surface area contributed by atoms with Crippen LogP contribution in [0.1, 0.15) is 17.4 Å². The van der Waals surface area contributed by atoms with E-state index in [1.165, 1.54) is 0 Å². The summed E-state index contributed by atoms with van der Waals surface area (Å²) in [5.74, 6) is -0.122. The van der Waals surface area contributed by atoms with Crippen LogP contribution in [0.25, 0.3) is 16.3 Å². The van der Waals surface area contributed by atoms with Crippen molar-refractivity contribution in [1.82, 2.24) is 19.6 Å². The molecule has 156 valence electrons. The number of amides is 2. The van der Waals surface area contributed by atoms with Crippen molar-refractivity contribution in [2.45, 2.75) is 6.92 Å². The van der Waals surface area contributed by atoms with Crippen molar-refractivity contribution in [1.29, 1.82) is 0 Å². The molecule has 1 aliphatic rings. The summed E-state index contributed by atoms with van der Waals surface area (Å²) in [6.45, 7) is 3.88. The van der Waals surface area contributed by atoms with Gasteiger partial charge in [-0.05, 0) is 48.7 Å². The van der Waals surface area contributed by atoms with Crippen LogP contribution in [0.15, 0.2) is 47.8 Å². The van der Waals surface area contributed by atoms with E-state index in [1.54, 1.807) is 44.9 Å². The average Bonchev–Trinajstić information content (AvgIpc) is 3.44. The van der Waals surface area contributed by atoms with Gasteiger partial charge in [0.25, 0.3) is 5.91 Å². The Morgan fingerprint density at radius 1 is 1.10 bits per heavy atom. The normalized spacial score (nSPS) is 14.1. The molecule has 0 radical (unpaired) electrons. The Balaban J connectivity index is 1.60. The summed E-state index contributed by atoms with van der Waals surface area (Å²) in [6, 6.07) is 13.0. The second-order valence-corrected chi connectivity index (χ2v) is 8.14. The quantitative estimate of drug-likeness (QED) is 0.605. The first-order chi connectivity index (χ1) is 14.6. The molecular weight excluding hydrogens is 424 g/mol. The highest BCUT2D eigenvalue weighted by atomic mass is 35.5. The van der Waals surface area contributed by atoms with Crippen molar-refractivity contribution in [3.63, 3.8) is 0 Å². The van der Waals surface area contributed by atoms with E-state index in [2.05, 4.69) is 5.10 Å². The van der Waals surface area contributed by atoms with E-state index in [-0.39, 0.29) is 12.0 Å². The van der Waals surface area contributed by atoms with Gasteiger partial charge in [-0.25, -0.2) is 9.48 Å². The lowest BCUT2D eigenvalue weighted by molar-refractivity contribution is 0.0563. The molecule has 0 unspecified atom stereocenters. The first-order valence-corrected chi connectivity index (χ1v) is 10.9. The van der Waals surface area contributed by atoms with Crippen molar-refractivity contribution in [2.24, 2.45) is 0 Å². The number of piperazine rings is 1. The van der Waals surface area contributed by atoms with Crippen molar-refractivity contribution in [3.05, 3.63) is 58.6 Å². The molecule has 0 saturated carbocycles. The van der Waals surface area contributed by atoms with Crippen LogP contribution >= 0.6 is 22.9 Å². The van der Waals surface area contributed by atoms with Crippen LogP contribution in [0.4, 0.5) is 4.79 Å². The molecule has 7 nitrogen and oxygen atoms in total. The number of rotatable bonds is 4. The minimum absolute atomic E-state index is 0.122. The third kappa shape index (κ3) is 4.20. The summed E-state index contributed by atoms with van der Waals surface area (Å²) < 4.78 is 6.71. The predicted molar refractivity (Wildman–Crippen MR) is 116 cm³/mol. The fourth-order valence-corrected chi connectivity index (χ4v) is 4.13. The van der Waals surface area contributed by atoms with E-state index in [9.17, 15) is 9.59 Å². The molecule has 0 aliphatic carbocycles. The number of hydrogen-bond donors (Lipinski definition) is 0. The van der Waals surface area contributed by atoms with Crippen LogP contribution in [-0.4, -0.2) is 64.4 Å². The van der Waals surface area contributed by atoms with Crippen LogP contribution in [-0.2, 0) is 4.74 Å². The van der Waals surface area contributed by atoms with Gasteiger partial charge >= 0.3 is 6.09 Å². The molecule has 3 heterocycles. The van der Waals surface area contributed by atoms with E-state index < -0.39 is 0 Å². The molecule has 3 aromatic rings. The maximum Gasteiger partial charge on any atom is 0.409 e. The molecule has 4 rings (SSSR count). The number of thiophene rings is 1. The zero-order chi connectivity index (χ0) is 21.1. The first-order valence-electron chi connectivity index (χ1n) is 9.67. The summed E-state index contributed by atoms with van der Waals surface area (Å²) in [5, 5.41) is 7.28. The minimum Gasteiger partial charge on any atom is -0.450 e. The monoisotopic (exact) mass is 444 g/mol. The molecule has 0 spiro atoms. The first kappa shape index (κ1) is 20.4. The van der Waals surface area contributed by atoms with Gasteiger partial charge in [0.1, 0.15) is 11.4 Å². The van der Waals surface area contributed by atoms with Gasteiger partial charge < -0.3 is 14.5 Å². The van der Waals surface area contributed by atoms with Gasteiger partial charge in [-0.15, -0.1) is 11.3 Å². The average molecular weight is 445 g/mol. The van der Waals surface area contributed by atoms with Crippen LogP contribution in [0, 0.1) is 0 Å². The minimum atomic E-state index is -0.337. The molecule has 2 aromatic heterocycles. The SMILES string of the molecule is CCOC(=O)N1CCN(C(=O)c2cc(-c3cccs3)nn2-c2ccc(Cl)cc2)CC1. The number of carbonyl (C=O) groups excluding carboxylic acids is 2. The summed E-state index contributed by atoms with van der Waals surface area (Å²) in [6.07, 6.45) is -0.337. The fraction of sp³-hybridized carbons (Fsp3) is 0.286. The van der Waals surface area contributed by atoms with Crippen molar-refractivity contribution < 1.29 is 14.3 Å². The van der Waals surface area contributed by atoms with E-state index in [0.717, 1.165) is 16.3 Å². The van der Waals surface area contributed by atoms with Gasteiger partial charge in [0.05, 0.1) is 17.2 Å². The van der Waals surface area contributed by atoms with Crippen molar-refractivity contribution in [2.75, 3.05) is 32.8 Å². The van der Waals surface area contributed by atoms with Crippen LogP contribution < -0.4 is 0 Å². The third-order valence-electron chi connectivity index (χ3n) is 4.87. The standard InChI is InChI=1S/C21H21ClN4O3S/c1-2-29-21(28)25-11-9-24(10-12-25)20(27)18-14-17(19-4-3-13-30-19)23-26(18)16-7-5-15(22)6-8-16/h3-8,13-14H,2,9-12H2,1H3. The summed E-state index contributed by atoms with van der Waals surface area (Å²) >= 11 is 7.60. The van der Waals surface area contributed by atoms with Crippen LogP contribution in [0.3, 0.4) is 0 Å². The molecule has 0 bridgehead atoms. The summed E-state index contributed by atoms with van der Waals surface area (Å²) in [7, 11) is 0. The van der Waals surface area contributed by atoms with E-state index in [4.69, 9.17) is 16.3 Å². The maximum absolute atomic E-state index is 13.4. The zero-order valence-corrected chi connectivity index (χ0v) is 18.0. The number of benzene rings is 1. The third-order valence-corrected chi connectivity index (χ3v) is 6.01. The molecule has 30 heavy (non-hydrogen) atoms. The van der Waals surface area contributed by atoms with Crippen molar-refractivity contribution >= 4 is 34.9 Å². The second-order valence-electron chi connectivity index (χ2n) is 6.76. The van der Waals surface area contributed by atoms with Gasteiger partial charge in [-0.1, -0.05) is 17.7 Å². The largest absolute Gasteiger partial charge is 0.450 e. The predicted octanol–water partition coefficient (Wildman–Crippen LogP) is 4.17. The number of nitrogens with zero attached hydrogens (tertiary/aromatic N) is 4. The highest BCUT2D eigenvalue weighted by Gasteiger charge is 2.28. The number of ether oxygens (including phenoxy) is 1. The second kappa shape index (κ2) is 8.89.